The van der Waals surface area contributed by atoms with E-state index in [9.17, 15) is 9.59 Å². The highest BCUT2D eigenvalue weighted by Gasteiger charge is 2.54. The molecule has 0 spiro atoms. The van der Waals surface area contributed by atoms with Gasteiger partial charge in [0, 0.05) is 87.4 Å². The lowest BCUT2D eigenvalue weighted by atomic mass is 9.85. The summed E-state index contributed by atoms with van der Waals surface area (Å²) in [5.74, 6) is 0.645. The van der Waals surface area contributed by atoms with Gasteiger partial charge in [-0.25, -0.2) is 0 Å². The molecule has 1 aliphatic rings. The molecular formula is C90H144Cl4N2O14Si4. The number of unbranched alkanes of at least 4 members (excludes halogenated alkanes) is 2. The lowest BCUT2D eigenvalue weighted by molar-refractivity contribution is -0.167. The number of methoxy groups -OCH3 is 1. The molecule has 1 fully saturated rings. The van der Waals surface area contributed by atoms with Crippen molar-refractivity contribution in [2.75, 3.05) is 56.6 Å². The van der Waals surface area contributed by atoms with Crippen molar-refractivity contribution in [1.29, 1.82) is 0 Å². The summed E-state index contributed by atoms with van der Waals surface area (Å²) in [6.45, 7) is 58.9. The molecule has 7 rings (SSSR count). The Hall–Kier alpha value is -4.93. The number of anilines is 5. The van der Waals surface area contributed by atoms with Crippen LogP contribution in [0.2, 0.25) is 79.0 Å². The number of nitrogens with zero attached hydrogens (tertiary/aromatic N) is 2. The van der Waals surface area contributed by atoms with E-state index < -0.39 is 51.5 Å². The number of benzene rings is 6. The number of carboxylic acids is 1. The monoisotopic (exact) mass is 1730 g/mol. The molecule has 6 aromatic carbocycles. The second-order valence-corrected chi connectivity index (χ2v) is 51.1. The summed E-state index contributed by atoms with van der Waals surface area (Å²) < 4.78 is 63.1. The summed E-state index contributed by atoms with van der Waals surface area (Å²) in [6, 6.07) is 49.9. The predicted octanol–water partition coefficient (Wildman–Crippen LogP) is 27.2. The molecule has 24 heteroatoms. The third kappa shape index (κ3) is 49.5. The summed E-state index contributed by atoms with van der Waals surface area (Å²) >= 11 is 24.0. The van der Waals surface area contributed by atoms with Crippen LogP contribution in [0.5, 0.6) is 5.75 Å². The fourth-order valence-electron chi connectivity index (χ4n) is 11.2. The molecule has 1 saturated heterocycles. The van der Waals surface area contributed by atoms with Crippen LogP contribution in [0.15, 0.2) is 158 Å². The van der Waals surface area contributed by atoms with E-state index in [1.807, 2.05) is 190 Å². The SMILES string of the molecule is CC(C)/C=C/c1ccccc1.CC(C)CC1(C)OCCO1.CC(C)N(c1ccc(Cl)cc1)c1ccc(Cl)cc1.CC(C)OCCOc1ccc(N(c2ccc(Cl)cc2)c2ccc(Cl)cc2)cc1.CC(C)O[Si](O[Si](C)(C)C)(O[Si](C)(C)C)O[Si](C)(C)C.CCC(CC)(OC(=O)CCC(=O)O)C(C)C.COCCCCCOC(C)C. The van der Waals surface area contributed by atoms with Crippen molar-refractivity contribution in [3.8, 4) is 5.75 Å². The number of allylic oxidation sites excluding steroid dienone is 1. The van der Waals surface area contributed by atoms with Crippen LogP contribution < -0.4 is 14.5 Å². The number of hydrogen-bond acceptors (Lipinski definition) is 15. The van der Waals surface area contributed by atoms with Crippen LogP contribution in [0.25, 0.3) is 6.08 Å². The molecule has 0 atom stereocenters. The molecule has 1 N–H and O–H groups in total. The van der Waals surface area contributed by atoms with Crippen LogP contribution in [-0.4, -0.2) is 134 Å². The second-order valence-electron chi connectivity index (χ2n) is 33.0. The van der Waals surface area contributed by atoms with Crippen LogP contribution in [0, 0.1) is 17.8 Å². The average molecular weight is 1730 g/mol. The first-order chi connectivity index (χ1) is 53.2. The zero-order valence-corrected chi connectivity index (χ0v) is 81.2. The maximum Gasteiger partial charge on any atom is 0.647 e. The number of rotatable bonds is 37. The Balaban J connectivity index is 0.000000685. The summed E-state index contributed by atoms with van der Waals surface area (Å²) in [6.07, 6.45) is 10.8. The van der Waals surface area contributed by atoms with E-state index in [4.69, 9.17) is 101 Å². The van der Waals surface area contributed by atoms with E-state index in [1.165, 1.54) is 12.0 Å². The van der Waals surface area contributed by atoms with Crippen molar-refractivity contribution < 1.29 is 64.6 Å². The van der Waals surface area contributed by atoms with Gasteiger partial charge in [0.2, 0.25) is 0 Å². The molecule has 16 nitrogen and oxygen atoms in total. The van der Waals surface area contributed by atoms with Gasteiger partial charge >= 0.3 is 21.0 Å². The van der Waals surface area contributed by atoms with E-state index in [-0.39, 0.29) is 36.8 Å². The molecule has 6 aromatic rings. The molecule has 0 radical (unpaired) electrons. The first kappa shape index (κ1) is 107. The van der Waals surface area contributed by atoms with Gasteiger partial charge in [0.15, 0.2) is 30.7 Å². The van der Waals surface area contributed by atoms with Crippen LogP contribution in [0.3, 0.4) is 0 Å². The topological polar surface area (TPSA) is 162 Å². The molecule has 1 heterocycles. The summed E-state index contributed by atoms with van der Waals surface area (Å²) in [5.41, 5.74) is 6.09. The van der Waals surface area contributed by atoms with E-state index >= 15 is 0 Å². The molecule has 0 amide bonds. The van der Waals surface area contributed by atoms with Crippen molar-refractivity contribution in [1.82, 2.24) is 0 Å². The van der Waals surface area contributed by atoms with Crippen LogP contribution >= 0.6 is 46.4 Å². The van der Waals surface area contributed by atoms with E-state index in [1.54, 1.807) is 7.11 Å². The zero-order valence-electron chi connectivity index (χ0n) is 74.2. The fourth-order valence-corrected chi connectivity index (χ4v) is 23.5. The van der Waals surface area contributed by atoms with Gasteiger partial charge in [-0.2, -0.15) is 0 Å². The van der Waals surface area contributed by atoms with E-state index in [2.05, 4.69) is 161 Å². The minimum Gasteiger partial charge on any atom is -0.491 e. The van der Waals surface area contributed by atoms with Crippen LogP contribution in [-0.2, 0) is 54.8 Å². The zero-order chi connectivity index (χ0) is 86.5. The van der Waals surface area contributed by atoms with E-state index in [0.717, 1.165) is 103 Å². The molecular weight excluding hydrogens is 1590 g/mol. The predicted molar refractivity (Wildman–Crippen MR) is 491 cm³/mol. The van der Waals surface area contributed by atoms with Gasteiger partial charge in [0.25, 0.3) is 0 Å². The maximum absolute atomic E-state index is 11.5. The number of aliphatic carboxylic acids is 1. The highest BCUT2D eigenvalue weighted by atomic mass is 35.5. The molecule has 114 heavy (non-hydrogen) atoms. The minimum atomic E-state index is -3.08. The highest BCUT2D eigenvalue weighted by Crippen LogP contribution is 2.38. The van der Waals surface area contributed by atoms with Gasteiger partial charge in [0.05, 0.1) is 44.9 Å². The highest BCUT2D eigenvalue weighted by molar-refractivity contribution is 6.87. The number of ether oxygens (including phenoxy) is 7. The Kier molecular flexibility index (Phi) is 52.4. The van der Waals surface area contributed by atoms with Crippen LogP contribution in [0.1, 0.15) is 175 Å². The van der Waals surface area contributed by atoms with Gasteiger partial charge in [-0.05, 0) is 298 Å². The van der Waals surface area contributed by atoms with Crippen molar-refractivity contribution in [2.24, 2.45) is 17.8 Å². The summed E-state index contributed by atoms with van der Waals surface area (Å²) in [4.78, 5) is 26.2. The van der Waals surface area contributed by atoms with Crippen molar-refractivity contribution >= 4 is 127 Å². The average Bonchev–Trinajstić information content (AvgIpc) is 0.945. The van der Waals surface area contributed by atoms with Gasteiger partial charge < -0.3 is 64.8 Å². The standard InChI is InChI=1S/C23H23Cl2NO2.C15H15Cl2N.C12H34O4Si4.C12H22O4.C11H14.C9H20O2.C8H16O2/c1-17(2)27-15-16-28-23-13-11-22(12-14-23)26(20-7-3-18(24)4-8-20)21-9-5-19(25)6-10-21;1-11(2)18(14-7-3-12(16)4-8-14)15-9-5-13(17)6-10-15;1-12(2)13-20(14-17(3,4)5,15-18(6,7)8)16-19(9,10)11;1-5-12(6-2,9(3)4)16-11(15)8-7-10(13)14;1-10(2)8-9-11-6-4-3-5-7-11;1-9(2)11-8-6-4-5-7-10-3;1-7(2)6-8(3)9-4-5-10-8/h3-14,17H,15-16H2,1-2H3;3-11H,1-2H3;12H,1-11H3;9H,5-8H2,1-4H3,(H,13,14);3-10H,1-2H3;9H,4-8H2,1-3H3;7H,4-6H2,1-3H3/b;;;;9-8+;;. The van der Waals surface area contributed by atoms with Gasteiger partial charge in [-0.15, -0.1) is 0 Å². The molecule has 0 aliphatic carbocycles. The smallest absolute Gasteiger partial charge is 0.491 e. The van der Waals surface area contributed by atoms with Crippen LogP contribution in [0.4, 0.5) is 28.4 Å². The number of carbonyl (C=O) groups excluding carboxylic acids is 1. The molecule has 0 unspecified atom stereocenters. The fraction of sp³-hybridized carbons (Fsp3) is 0.556. The second kappa shape index (κ2) is 55.7. The summed E-state index contributed by atoms with van der Waals surface area (Å²) in [7, 11) is -6.82. The van der Waals surface area contributed by atoms with E-state index in [0.29, 0.717) is 47.2 Å². The Labute approximate surface area is 713 Å². The number of carbonyl (C=O) groups is 2. The number of hydrogen-bond donors (Lipinski definition) is 1. The minimum absolute atomic E-state index is 0.0331. The summed E-state index contributed by atoms with van der Waals surface area (Å²) in [5, 5.41) is 11.4. The molecule has 0 aromatic heterocycles. The third-order valence-electron chi connectivity index (χ3n) is 16.2. The molecule has 0 bridgehead atoms. The Bertz CT molecular complexity index is 3380. The Morgan fingerprint density at radius 1 is 0.518 bits per heavy atom. The Morgan fingerprint density at radius 3 is 1.25 bits per heavy atom. The van der Waals surface area contributed by atoms with Gasteiger partial charge in [-0.3, -0.25) is 9.59 Å². The van der Waals surface area contributed by atoms with Gasteiger partial charge in [0.1, 0.15) is 18.0 Å². The molecule has 1 aliphatic heterocycles. The van der Waals surface area contributed by atoms with Gasteiger partial charge in [-0.1, -0.05) is 144 Å². The Morgan fingerprint density at radius 2 is 0.912 bits per heavy atom. The van der Waals surface area contributed by atoms with Crippen molar-refractivity contribution in [3.63, 3.8) is 0 Å². The lowest BCUT2D eigenvalue weighted by Crippen LogP contribution is -2.63. The van der Waals surface area contributed by atoms with Crippen molar-refractivity contribution in [2.45, 2.75) is 264 Å². The first-order valence-corrected chi connectivity index (χ1v) is 53.9. The normalized spacial score (nSPS) is 12.9. The largest absolute Gasteiger partial charge is 0.647 e. The maximum atomic E-state index is 11.5. The lowest BCUT2D eigenvalue weighted by Gasteiger charge is -2.41. The molecule has 0 saturated carbocycles. The number of esters is 1. The quantitative estimate of drug-likeness (QED) is 0.0222. The number of carboxylic acid groups (broad SMARTS) is 1. The first-order valence-electron chi connectivity index (χ1n) is 40.5. The molecule has 642 valence electrons. The third-order valence-corrected chi connectivity index (χ3v) is 28.3. The number of halogens is 4. The van der Waals surface area contributed by atoms with Crippen molar-refractivity contribution in [3.05, 3.63) is 183 Å².